The quantitative estimate of drug-likeness (QED) is 0.294. The molecule has 2 heterocycles. The summed E-state index contributed by atoms with van der Waals surface area (Å²) in [6.07, 6.45) is 1.45. The zero-order valence-electron chi connectivity index (χ0n) is 20.5. The third-order valence-electron chi connectivity index (χ3n) is 6.85. The number of piperidine rings is 1. The van der Waals surface area contributed by atoms with Crippen LogP contribution in [0.15, 0.2) is 72.9 Å². The van der Waals surface area contributed by atoms with Gasteiger partial charge in [0, 0.05) is 61.3 Å². The summed E-state index contributed by atoms with van der Waals surface area (Å²) in [5.41, 5.74) is 3.79. The molecule has 0 aliphatic carbocycles. The largest absolute Gasteiger partial charge is 0.478 e. The van der Waals surface area contributed by atoms with Crippen LogP contribution >= 0.6 is 11.6 Å². The molecule has 1 fully saturated rings. The van der Waals surface area contributed by atoms with Gasteiger partial charge < -0.3 is 19.9 Å². The van der Waals surface area contributed by atoms with Crippen LogP contribution in [0.5, 0.6) is 0 Å². The number of rotatable bonds is 7. The van der Waals surface area contributed by atoms with Crippen molar-refractivity contribution in [2.75, 3.05) is 18.0 Å². The highest BCUT2D eigenvalue weighted by molar-refractivity contribution is 6.30. The SMILES string of the molecule is O=C(O)c1ccc(CNC(=O)c2cc(N3CCC(F)(F)CC3)cc3ccn(Cc4cccc(Cl)c4)c23)cc1. The second-order valence-electron chi connectivity index (χ2n) is 9.53. The molecule has 1 aliphatic rings. The summed E-state index contributed by atoms with van der Waals surface area (Å²) in [4.78, 5) is 26.5. The summed E-state index contributed by atoms with van der Waals surface area (Å²) < 4.78 is 29.6. The van der Waals surface area contributed by atoms with Crippen LogP contribution in [0.3, 0.4) is 0 Å². The first kappa shape index (κ1) is 25.7. The monoisotopic (exact) mass is 537 g/mol. The molecule has 0 spiro atoms. The summed E-state index contributed by atoms with van der Waals surface area (Å²) in [7, 11) is 0. The average Bonchev–Trinajstić information content (AvgIpc) is 3.29. The van der Waals surface area contributed by atoms with Crippen LogP contribution in [0, 0.1) is 0 Å². The molecule has 3 aromatic carbocycles. The Morgan fingerprint density at radius 2 is 1.71 bits per heavy atom. The van der Waals surface area contributed by atoms with Crippen LogP contribution in [-0.4, -0.2) is 40.6 Å². The van der Waals surface area contributed by atoms with E-state index in [-0.39, 0.29) is 43.9 Å². The van der Waals surface area contributed by atoms with Crippen molar-refractivity contribution in [1.29, 1.82) is 0 Å². The number of fused-ring (bicyclic) bond motifs is 1. The third-order valence-corrected chi connectivity index (χ3v) is 7.08. The summed E-state index contributed by atoms with van der Waals surface area (Å²) in [6.45, 7) is 1.11. The molecule has 0 radical (unpaired) electrons. The number of halogens is 3. The fourth-order valence-corrected chi connectivity index (χ4v) is 5.00. The number of alkyl halides is 2. The van der Waals surface area contributed by atoms with Crippen LogP contribution in [-0.2, 0) is 13.1 Å². The number of benzene rings is 3. The second kappa shape index (κ2) is 10.5. The van der Waals surface area contributed by atoms with Crippen molar-refractivity contribution in [2.24, 2.45) is 0 Å². The lowest BCUT2D eigenvalue weighted by Gasteiger charge is -2.33. The van der Waals surface area contributed by atoms with Crippen molar-refractivity contribution in [3.05, 3.63) is 100 Å². The topological polar surface area (TPSA) is 74.6 Å². The molecule has 0 bridgehead atoms. The van der Waals surface area contributed by atoms with E-state index in [0.717, 1.165) is 27.7 Å². The summed E-state index contributed by atoms with van der Waals surface area (Å²) in [6, 6.07) is 19.4. The predicted octanol–water partition coefficient (Wildman–Crippen LogP) is 6.21. The first-order chi connectivity index (χ1) is 18.2. The highest BCUT2D eigenvalue weighted by atomic mass is 35.5. The minimum Gasteiger partial charge on any atom is -0.478 e. The van der Waals surface area contributed by atoms with E-state index in [9.17, 15) is 18.4 Å². The molecule has 9 heteroatoms. The lowest BCUT2D eigenvalue weighted by atomic mass is 10.0. The first-order valence-electron chi connectivity index (χ1n) is 12.3. The van der Waals surface area contributed by atoms with Gasteiger partial charge in [-0.25, -0.2) is 13.6 Å². The number of hydrogen-bond donors (Lipinski definition) is 2. The number of carbonyl (C=O) groups is 2. The van der Waals surface area contributed by atoms with Gasteiger partial charge in [-0.15, -0.1) is 0 Å². The normalized spacial score (nSPS) is 15.0. The van der Waals surface area contributed by atoms with E-state index < -0.39 is 11.9 Å². The molecular formula is C29H26ClF2N3O3. The maximum absolute atomic E-state index is 13.8. The van der Waals surface area contributed by atoms with Crippen LogP contribution in [0.1, 0.15) is 44.7 Å². The van der Waals surface area contributed by atoms with Crippen LogP contribution in [0.2, 0.25) is 5.02 Å². The molecule has 38 heavy (non-hydrogen) atoms. The Balaban J connectivity index is 1.47. The van der Waals surface area contributed by atoms with Crippen molar-refractivity contribution in [3.8, 4) is 0 Å². The number of nitrogens with zero attached hydrogens (tertiary/aromatic N) is 2. The molecule has 5 rings (SSSR count). The van der Waals surface area contributed by atoms with Gasteiger partial charge in [0.25, 0.3) is 11.8 Å². The zero-order chi connectivity index (χ0) is 26.9. The van der Waals surface area contributed by atoms with Crippen molar-refractivity contribution < 1.29 is 23.5 Å². The standard InChI is InChI=1S/C29H26ClF2N3O3/c30-23-3-1-2-20(14-23)18-35-11-8-22-15-24(34-12-9-29(31,32)10-13-34)16-25(26(22)35)27(36)33-17-19-4-6-21(7-5-19)28(37)38/h1-8,11,14-16H,9-10,12-13,17-18H2,(H,33,36)(H,37,38). The maximum atomic E-state index is 13.8. The molecular weight excluding hydrogens is 512 g/mol. The minimum absolute atomic E-state index is 0.167. The van der Waals surface area contributed by atoms with Gasteiger partial charge >= 0.3 is 5.97 Å². The van der Waals surface area contributed by atoms with E-state index >= 15 is 0 Å². The first-order valence-corrected chi connectivity index (χ1v) is 12.7. The van der Waals surface area contributed by atoms with E-state index in [2.05, 4.69) is 5.32 Å². The van der Waals surface area contributed by atoms with Gasteiger partial charge in [0.2, 0.25) is 0 Å². The molecule has 1 aliphatic heterocycles. The summed E-state index contributed by atoms with van der Waals surface area (Å²) in [5.74, 6) is -4.00. The third kappa shape index (κ3) is 5.65. The summed E-state index contributed by atoms with van der Waals surface area (Å²) >= 11 is 6.17. The Hall–Kier alpha value is -3.91. The molecule has 6 nitrogen and oxygen atoms in total. The van der Waals surface area contributed by atoms with E-state index in [1.54, 1.807) is 24.3 Å². The molecule has 0 saturated carbocycles. The van der Waals surface area contributed by atoms with Crippen LogP contribution in [0.25, 0.3) is 10.9 Å². The Morgan fingerprint density at radius 3 is 2.39 bits per heavy atom. The fraction of sp³-hybridized carbons (Fsp3) is 0.241. The van der Waals surface area contributed by atoms with Crippen molar-refractivity contribution in [3.63, 3.8) is 0 Å². The fourth-order valence-electron chi connectivity index (χ4n) is 4.79. The second-order valence-corrected chi connectivity index (χ2v) is 9.97. The number of amides is 1. The van der Waals surface area contributed by atoms with E-state index in [0.29, 0.717) is 17.1 Å². The molecule has 2 N–H and O–H groups in total. The van der Waals surface area contributed by atoms with E-state index in [1.807, 2.05) is 46.0 Å². The number of carbonyl (C=O) groups excluding carboxylic acids is 1. The van der Waals surface area contributed by atoms with Gasteiger partial charge in [-0.1, -0.05) is 35.9 Å². The van der Waals surface area contributed by atoms with Crippen molar-refractivity contribution in [1.82, 2.24) is 9.88 Å². The molecule has 0 unspecified atom stereocenters. The molecule has 1 aromatic heterocycles. The Morgan fingerprint density at radius 1 is 0.974 bits per heavy atom. The summed E-state index contributed by atoms with van der Waals surface area (Å²) in [5, 5.41) is 13.5. The Kier molecular flexibility index (Phi) is 7.08. The molecule has 1 amide bonds. The van der Waals surface area contributed by atoms with Crippen molar-refractivity contribution >= 4 is 40.1 Å². The smallest absolute Gasteiger partial charge is 0.335 e. The van der Waals surface area contributed by atoms with Gasteiger partial charge in [0.1, 0.15) is 0 Å². The highest BCUT2D eigenvalue weighted by Crippen LogP contribution is 2.34. The minimum atomic E-state index is -2.67. The Labute approximate surface area is 223 Å². The molecule has 4 aromatic rings. The van der Waals surface area contributed by atoms with Gasteiger partial charge in [0.15, 0.2) is 0 Å². The van der Waals surface area contributed by atoms with Gasteiger partial charge in [0.05, 0.1) is 16.6 Å². The number of aromatic nitrogens is 1. The van der Waals surface area contributed by atoms with Crippen LogP contribution in [0.4, 0.5) is 14.5 Å². The number of aromatic carboxylic acids is 1. The average molecular weight is 538 g/mol. The van der Waals surface area contributed by atoms with E-state index in [1.165, 1.54) is 12.1 Å². The highest BCUT2D eigenvalue weighted by Gasteiger charge is 2.34. The predicted molar refractivity (Wildman–Crippen MR) is 143 cm³/mol. The van der Waals surface area contributed by atoms with Gasteiger partial charge in [-0.3, -0.25) is 4.79 Å². The molecule has 0 atom stereocenters. The van der Waals surface area contributed by atoms with Gasteiger partial charge in [-0.05, 0) is 53.6 Å². The number of anilines is 1. The van der Waals surface area contributed by atoms with E-state index in [4.69, 9.17) is 16.7 Å². The zero-order valence-corrected chi connectivity index (χ0v) is 21.2. The lowest BCUT2D eigenvalue weighted by molar-refractivity contribution is -0.0220. The van der Waals surface area contributed by atoms with Gasteiger partial charge in [-0.2, -0.15) is 0 Å². The Bertz CT molecular complexity index is 1490. The molecule has 1 saturated heterocycles. The number of carboxylic acid groups (broad SMARTS) is 1. The molecule has 196 valence electrons. The number of nitrogens with one attached hydrogen (secondary N) is 1. The maximum Gasteiger partial charge on any atom is 0.335 e. The number of hydrogen-bond acceptors (Lipinski definition) is 3. The van der Waals surface area contributed by atoms with Crippen molar-refractivity contribution in [2.45, 2.75) is 31.9 Å². The lowest BCUT2D eigenvalue weighted by Crippen LogP contribution is -2.39. The number of carboxylic acids is 1. The van der Waals surface area contributed by atoms with Crippen LogP contribution < -0.4 is 10.2 Å².